The number of anilines is 1. The molecular weight excluding hydrogens is 430 g/mol. The molecule has 1 atom stereocenters. The molecule has 2 heterocycles. The summed E-state index contributed by atoms with van der Waals surface area (Å²) in [6, 6.07) is 16.0. The van der Waals surface area contributed by atoms with Gasteiger partial charge in [0.2, 0.25) is 0 Å². The minimum absolute atomic E-state index is 0.0913. The van der Waals surface area contributed by atoms with Crippen LogP contribution in [0.3, 0.4) is 0 Å². The summed E-state index contributed by atoms with van der Waals surface area (Å²) in [7, 11) is 0. The lowest BCUT2D eigenvalue weighted by atomic mass is 9.98. The van der Waals surface area contributed by atoms with Crippen LogP contribution < -0.4 is 10.6 Å². The molecule has 2 amide bonds. The van der Waals surface area contributed by atoms with Gasteiger partial charge in [-0.2, -0.15) is 0 Å². The van der Waals surface area contributed by atoms with Crippen molar-refractivity contribution >= 4 is 35.3 Å². The highest BCUT2D eigenvalue weighted by Crippen LogP contribution is 2.39. The molecule has 4 rings (SSSR count). The third-order valence-electron chi connectivity index (χ3n) is 6.31. The Morgan fingerprint density at radius 1 is 1.21 bits per heavy atom. The fourth-order valence-electron chi connectivity index (χ4n) is 4.60. The maximum Gasteiger partial charge on any atom is 0.262 e. The Morgan fingerprint density at radius 3 is 2.88 bits per heavy atom. The predicted molar refractivity (Wildman–Crippen MR) is 136 cm³/mol. The molecule has 1 fully saturated rings. The zero-order chi connectivity index (χ0) is 23.0. The normalized spacial score (nSPS) is 19.7. The highest BCUT2D eigenvalue weighted by Gasteiger charge is 2.23. The lowest BCUT2D eigenvalue weighted by molar-refractivity contribution is -0.112. The lowest BCUT2D eigenvalue weighted by Gasteiger charge is -2.35. The van der Waals surface area contributed by atoms with Gasteiger partial charge in [-0.3, -0.25) is 9.59 Å². The van der Waals surface area contributed by atoms with Crippen molar-refractivity contribution in [2.75, 3.05) is 25.0 Å². The molecule has 2 aliphatic rings. The maximum atomic E-state index is 12.7. The molecule has 0 aromatic heterocycles. The topological polar surface area (TPSA) is 61.4 Å². The molecule has 174 valence electrons. The maximum absolute atomic E-state index is 12.7. The lowest BCUT2D eigenvalue weighted by Crippen LogP contribution is -2.41. The van der Waals surface area contributed by atoms with Gasteiger partial charge in [-0.15, -0.1) is 0 Å². The Morgan fingerprint density at radius 2 is 2.06 bits per heavy atom. The number of carbonyl (C=O) groups excluding carboxylic acids is 2. The van der Waals surface area contributed by atoms with Crippen LogP contribution in [-0.2, 0) is 4.79 Å². The Hall–Kier alpha value is -2.57. The number of nitrogens with one attached hydrogen (secondary N) is 2. The number of benzene rings is 2. The van der Waals surface area contributed by atoms with Crippen molar-refractivity contribution in [3.63, 3.8) is 0 Å². The number of likely N-dealkylation sites (tertiary alicyclic amines) is 1. The smallest absolute Gasteiger partial charge is 0.262 e. The number of hydrogen-bond acceptors (Lipinski definition) is 4. The van der Waals surface area contributed by atoms with E-state index in [-0.39, 0.29) is 11.8 Å². The van der Waals surface area contributed by atoms with Crippen LogP contribution >= 0.6 is 11.8 Å². The predicted octanol–water partition coefficient (Wildman–Crippen LogP) is 5.55. The number of fused-ring (bicyclic) bond motifs is 1. The second-order valence-corrected chi connectivity index (χ2v) is 9.85. The van der Waals surface area contributed by atoms with E-state index in [4.69, 9.17) is 0 Å². The van der Waals surface area contributed by atoms with Gasteiger partial charge in [0.1, 0.15) is 0 Å². The van der Waals surface area contributed by atoms with Crippen LogP contribution in [-0.4, -0.2) is 42.4 Å². The van der Waals surface area contributed by atoms with Crippen LogP contribution in [0.4, 0.5) is 5.69 Å². The second kappa shape index (κ2) is 11.5. The molecule has 0 spiro atoms. The van der Waals surface area contributed by atoms with Crippen molar-refractivity contribution in [1.82, 2.24) is 10.2 Å². The van der Waals surface area contributed by atoms with Crippen LogP contribution in [0.2, 0.25) is 0 Å². The van der Waals surface area contributed by atoms with Gasteiger partial charge >= 0.3 is 0 Å². The SMILES string of the molecule is CCCC1CCCCN1CCCNC(=O)c1ccc2c(c1)NC(=O)C(=Cc1ccccc1)S2. The van der Waals surface area contributed by atoms with Crippen LogP contribution in [0.25, 0.3) is 6.08 Å². The number of piperidine rings is 1. The molecule has 1 saturated heterocycles. The summed E-state index contributed by atoms with van der Waals surface area (Å²) in [5.41, 5.74) is 2.26. The third-order valence-corrected chi connectivity index (χ3v) is 7.41. The van der Waals surface area contributed by atoms with E-state index < -0.39 is 0 Å². The number of nitrogens with zero attached hydrogens (tertiary/aromatic N) is 1. The molecule has 0 bridgehead atoms. The average Bonchev–Trinajstić information content (AvgIpc) is 2.83. The van der Waals surface area contributed by atoms with Gasteiger partial charge in [0.25, 0.3) is 11.8 Å². The van der Waals surface area contributed by atoms with Crippen LogP contribution in [0.1, 0.15) is 61.4 Å². The van der Waals surface area contributed by atoms with Gasteiger partial charge in [0, 0.05) is 29.6 Å². The summed E-state index contributed by atoms with van der Waals surface area (Å²) >= 11 is 1.43. The molecular formula is C27H33N3O2S. The molecule has 0 radical (unpaired) electrons. The minimum Gasteiger partial charge on any atom is -0.352 e. The molecule has 2 aromatic rings. The van der Waals surface area contributed by atoms with Crippen molar-refractivity contribution in [2.45, 2.75) is 56.4 Å². The summed E-state index contributed by atoms with van der Waals surface area (Å²) in [5.74, 6) is -0.233. The minimum atomic E-state index is -0.142. The fraction of sp³-hybridized carbons (Fsp3) is 0.407. The van der Waals surface area contributed by atoms with Crippen molar-refractivity contribution < 1.29 is 9.59 Å². The quantitative estimate of drug-likeness (QED) is 0.398. The number of carbonyl (C=O) groups is 2. The number of rotatable bonds is 8. The van der Waals surface area contributed by atoms with E-state index in [1.165, 1.54) is 50.4 Å². The second-order valence-electron chi connectivity index (χ2n) is 8.77. The summed E-state index contributed by atoms with van der Waals surface area (Å²) in [5, 5.41) is 5.99. The summed E-state index contributed by atoms with van der Waals surface area (Å²) in [4.78, 5) is 29.4. The molecule has 2 aromatic carbocycles. The third kappa shape index (κ3) is 6.27. The molecule has 2 N–H and O–H groups in total. The van der Waals surface area contributed by atoms with Gasteiger partial charge in [-0.1, -0.05) is 61.9 Å². The van der Waals surface area contributed by atoms with Crippen LogP contribution in [0.15, 0.2) is 58.3 Å². The van der Waals surface area contributed by atoms with Crippen molar-refractivity contribution in [3.8, 4) is 0 Å². The van der Waals surface area contributed by atoms with Gasteiger partial charge in [0.05, 0.1) is 10.6 Å². The van der Waals surface area contributed by atoms with E-state index in [9.17, 15) is 9.59 Å². The molecule has 0 saturated carbocycles. The number of amides is 2. The Kier molecular flexibility index (Phi) is 8.24. The molecule has 2 aliphatic heterocycles. The summed E-state index contributed by atoms with van der Waals surface area (Å²) < 4.78 is 0. The molecule has 33 heavy (non-hydrogen) atoms. The Labute approximate surface area is 201 Å². The van der Waals surface area contributed by atoms with Gasteiger partial charge in [-0.25, -0.2) is 0 Å². The highest BCUT2D eigenvalue weighted by atomic mass is 32.2. The van der Waals surface area contributed by atoms with Crippen molar-refractivity contribution in [2.24, 2.45) is 0 Å². The Balaban J connectivity index is 1.31. The van der Waals surface area contributed by atoms with Gasteiger partial charge in [0.15, 0.2) is 0 Å². The summed E-state index contributed by atoms with van der Waals surface area (Å²) in [6.07, 6.45) is 9.28. The van der Waals surface area contributed by atoms with E-state index >= 15 is 0 Å². The molecule has 0 aliphatic carbocycles. The first-order chi connectivity index (χ1) is 16.1. The van der Waals surface area contributed by atoms with E-state index in [0.29, 0.717) is 28.7 Å². The zero-order valence-corrected chi connectivity index (χ0v) is 20.1. The van der Waals surface area contributed by atoms with E-state index in [0.717, 1.165) is 23.4 Å². The van der Waals surface area contributed by atoms with E-state index in [2.05, 4.69) is 22.5 Å². The average molecular weight is 464 g/mol. The number of hydrogen-bond donors (Lipinski definition) is 2. The molecule has 6 heteroatoms. The largest absolute Gasteiger partial charge is 0.352 e. The first-order valence-electron chi connectivity index (χ1n) is 12.1. The monoisotopic (exact) mass is 463 g/mol. The van der Waals surface area contributed by atoms with E-state index in [1.807, 2.05) is 48.5 Å². The van der Waals surface area contributed by atoms with Gasteiger partial charge < -0.3 is 15.5 Å². The van der Waals surface area contributed by atoms with Crippen molar-refractivity contribution in [3.05, 3.63) is 64.6 Å². The summed E-state index contributed by atoms with van der Waals surface area (Å²) in [6.45, 7) is 5.14. The molecule has 1 unspecified atom stereocenters. The highest BCUT2D eigenvalue weighted by molar-refractivity contribution is 8.04. The standard InChI is InChI=1S/C27H33N3O2S/c1-2-9-22-12-6-7-16-30(22)17-8-15-28-26(31)21-13-14-24-23(19-21)29-27(32)25(33-24)18-20-10-4-3-5-11-20/h3-5,10-11,13-14,18-19,22H,2,6-9,12,15-17H2,1H3,(H,28,31)(H,29,32). The fourth-order valence-corrected chi connectivity index (χ4v) is 5.53. The van der Waals surface area contributed by atoms with Crippen molar-refractivity contribution in [1.29, 1.82) is 0 Å². The van der Waals surface area contributed by atoms with Gasteiger partial charge in [-0.05, 0) is 62.1 Å². The van der Waals surface area contributed by atoms with E-state index in [1.54, 1.807) is 6.07 Å². The zero-order valence-electron chi connectivity index (χ0n) is 19.3. The Bertz CT molecular complexity index is 1000. The number of thioether (sulfide) groups is 1. The van der Waals surface area contributed by atoms with Crippen LogP contribution in [0, 0.1) is 0 Å². The molecule has 5 nitrogen and oxygen atoms in total. The first kappa shape index (κ1) is 23.6. The van der Waals surface area contributed by atoms with Crippen LogP contribution in [0.5, 0.6) is 0 Å². The first-order valence-corrected chi connectivity index (χ1v) is 12.9.